The number of aliphatic hydroxyl groups is 3. The number of nitrogens with zero attached hydrogens (tertiary/aromatic N) is 1. The highest BCUT2D eigenvalue weighted by Gasteiger charge is 2.18. The molecule has 0 unspecified atom stereocenters. The predicted molar refractivity (Wildman–Crippen MR) is 30.5 cm³/mol. The van der Waals surface area contributed by atoms with Crippen LogP contribution in [-0.2, 0) is 0 Å². The molecule has 6 nitrogen and oxygen atoms in total. The Kier molecular flexibility index (Phi) is 3.20. The molecule has 60 valence electrons. The van der Waals surface area contributed by atoms with Crippen LogP contribution < -0.4 is 0 Å². The monoisotopic (exact) mass is 151 g/mol. The third-order valence-electron chi connectivity index (χ3n) is 0.853. The molecule has 0 aromatic heterocycles. The third kappa shape index (κ3) is 7.28. The van der Waals surface area contributed by atoms with Gasteiger partial charge < -0.3 is 15.3 Å². The summed E-state index contributed by atoms with van der Waals surface area (Å²) in [6, 6.07) is 0. The highest BCUT2D eigenvalue weighted by Crippen LogP contribution is 2.03. The van der Waals surface area contributed by atoms with E-state index < -0.39 is 17.3 Å². The van der Waals surface area contributed by atoms with Crippen molar-refractivity contribution in [2.45, 2.75) is 18.8 Å². The van der Waals surface area contributed by atoms with Crippen molar-refractivity contribution in [3.63, 3.8) is 0 Å². The fourth-order valence-electron chi connectivity index (χ4n) is 0.445. The zero-order valence-electron chi connectivity index (χ0n) is 5.23. The van der Waals surface area contributed by atoms with Gasteiger partial charge in [0.15, 0.2) is 0 Å². The molecule has 3 N–H and O–H groups in total. The van der Waals surface area contributed by atoms with Gasteiger partial charge in [-0.1, -0.05) is 0 Å². The van der Waals surface area contributed by atoms with Crippen molar-refractivity contribution in [2.75, 3.05) is 6.54 Å². The minimum absolute atomic E-state index is 0.0590. The van der Waals surface area contributed by atoms with Crippen molar-refractivity contribution >= 4 is 0 Å². The third-order valence-corrected chi connectivity index (χ3v) is 0.853. The van der Waals surface area contributed by atoms with Crippen LogP contribution in [0.3, 0.4) is 0 Å². The minimum atomic E-state index is -2.77. The summed E-state index contributed by atoms with van der Waals surface area (Å²) in [5, 5.41) is 34.3. The van der Waals surface area contributed by atoms with Gasteiger partial charge in [0.1, 0.15) is 0 Å². The molecule has 0 rings (SSSR count). The quantitative estimate of drug-likeness (QED) is 0.262. The van der Waals surface area contributed by atoms with Crippen molar-refractivity contribution in [3.8, 4) is 0 Å². The van der Waals surface area contributed by atoms with Crippen LogP contribution in [0.5, 0.6) is 0 Å². The lowest BCUT2D eigenvalue weighted by molar-refractivity contribution is -0.482. The summed E-state index contributed by atoms with van der Waals surface area (Å²) in [7, 11) is 0. The van der Waals surface area contributed by atoms with E-state index in [1.807, 2.05) is 0 Å². The summed E-state index contributed by atoms with van der Waals surface area (Å²) in [5.74, 6) is -2.77. The van der Waals surface area contributed by atoms with Crippen LogP contribution in [0, 0.1) is 10.1 Å². The molecule has 0 spiro atoms. The maximum Gasteiger partial charge on any atom is 0.275 e. The Balaban J connectivity index is 3.29. The van der Waals surface area contributed by atoms with E-state index in [2.05, 4.69) is 0 Å². The van der Waals surface area contributed by atoms with Crippen molar-refractivity contribution < 1.29 is 20.2 Å². The standard InChI is InChI=1S/C4H9NO5/c6-4(7,8)2-1-3-5(9)10/h6-8H,1-3H2. The second-order valence-electron chi connectivity index (χ2n) is 1.93. The topological polar surface area (TPSA) is 104 Å². The van der Waals surface area contributed by atoms with E-state index in [-0.39, 0.29) is 13.0 Å². The van der Waals surface area contributed by atoms with E-state index in [1.165, 1.54) is 0 Å². The second-order valence-corrected chi connectivity index (χ2v) is 1.93. The van der Waals surface area contributed by atoms with Gasteiger partial charge in [0.25, 0.3) is 5.97 Å². The number of rotatable bonds is 4. The highest BCUT2D eigenvalue weighted by molar-refractivity contribution is 4.46. The molecular formula is C4H9NO5. The first kappa shape index (κ1) is 9.28. The first-order valence-electron chi connectivity index (χ1n) is 2.71. The van der Waals surface area contributed by atoms with Crippen LogP contribution in [-0.4, -0.2) is 32.8 Å². The Bertz CT molecular complexity index is 117. The van der Waals surface area contributed by atoms with Crippen LogP contribution in [0.15, 0.2) is 0 Å². The molecular weight excluding hydrogens is 142 g/mol. The Labute approximate surface area is 56.9 Å². The van der Waals surface area contributed by atoms with Gasteiger partial charge in [-0.15, -0.1) is 0 Å². The average Bonchev–Trinajstić information content (AvgIpc) is 1.59. The van der Waals surface area contributed by atoms with Crippen LogP contribution in [0.4, 0.5) is 0 Å². The van der Waals surface area contributed by atoms with Gasteiger partial charge in [-0.05, 0) is 0 Å². The molecule has 0 aromatic carbocycles. The minimum Gasteiger partial charge on any atom is -0.344 e. The summed E-state index contributed by atoms with van der Waals surface area (Å²) in [5.41, 5.74) is 0. The summed E-state index contributed by atoms with van der Waals surface area (Å²) >= 11 is 0. The summed E-state index contributed by atoms with van der Waals surface area (Å²) < 4.78 is 0. The van der Waals surface area contributed by atoms with Crippen molar-refractivity contribution in [2.24, 2.45) is 0 Å². The largest absolute Gasteiger partial charge is 0.344 e. The predicted octanol–water partition coefficient (Wildman–Crippen LogP) is -1.33. The average molecular weight is 151 g/mol. The van der Waals surface area contributed by atoms with Gasteiger partial charge in [-0.25, -0.2) is 0 Å². The molecule has 0 radical (unpaired) electrons. The molecule has 0 saturated carbocycles. The van der Waals surface area contributed by atoms with Crippen molar-refractivity contribution in [3.05, 3.63) is 10.1 Å². The van der Waals surface area contributed by atoms with E-state index in [0.29, 0.717) is 0 Å². The van der Waals surface area contributed by atoms with Crippen molar-refractivity contribution in [1.82, 2.24) is 0 Å². The molecule has 0 heterocycles. The van der Waals surface area contributed by atoms with Crippen LogP contribution in [0.1, 0.15) is 12.8 Å². The molecule has 0 aliphatic rings. The Morgan fingerprint density at radius 3 is 2.20 bits per heavy atom. The van der Waals surface area contributed by atoms with E-state index in [4.69, 9.17) is 15.3 Å². The fraction of sp³-hybridized carbons (Fsp3) is 1.00. The van der Waals surface area contributed by atoms with Gasteiger partial charge in [-0.2, -0.15) is 0 Å². The van der Waals surface area contributed by atoms with Gasteiger partial charge in [0.05, 0.1) is 0 Å². The first-order valence-corrected chi connectivity index (χ1v) is 2.71. The maximum atomic E-state index is 9.65. The molecule has 10 heavy (non-hydrogen) atoms. The molecule has 6 heteroatoms. The summed E-state index contributed by atoms with van der Waals surface area (Å²) in [6.45, 7) is -0.372. The number of hydrogen-bond acceptors (Lipinski definition) is 5. The van der Waals surface area contributed by atoms with Crippen molar-refractivity contribution in [1.29, 1.82) is 0 Å². The lowest BCUT2D eigenvalue weighted by atomic mass is 10.3. The number of hydrogen-bond donors (Lipinski definition) is 3. The lowest BCUT2D eigenvalue weighted by Gasteiger charge is -2.11. The Morgan fingerprint density at radius 1 is 1.40 bits per heavy atom. The molecule has 0 aliphatic heterocycles. The van der Waals surface area contributed by atoms with E-state index in [0.717, 1.165) is 0 Å². The molecule has 0 amide bonds. The second kappa shape index (κ2) is 3.45. The highest BCUT2D eigenvalue weighted by atomic mass is 16.7. The van der Waals surface area contributed by atoms with Gasteiger partial charge in [0, 0.05) is 17.8 Å². The number of nitro groups is 1. The normalized spacial score (nSPS) is 11.5. The Hall–Kier alpha value is -0.720. The van der Waals surface area contributed by atoms with Crippen LogP contribution >= 0.6 is 0 Å². The summed E-state index contributed by atoms with van der Waals surface area (Å²) in [4.78, 5) is 9.05. The zero-order valence-corrected chi connectivity index (χ0v) is 5.23. The van der Waals surface area contributed by atoms with Crippen LogP contribution in [0.25, 0.3) is 0 Å². The molecule has 0 fully saturated rings. The first-order chi connectivity index (χ1) is 4.42. The molecule has 0 saturated heterocycles. The molecule has 0 aromatic rings. The lowest BCUT2D eigenvalue weighted by Crippen LogP contribution is -2.27. The van der Waals surface area contributed by atoms with Gasteiger partial charge in [-0.3, -0.25) is 10.1 Å². The van der Waals surface area contributed by atoms with Gasteiger partial charge in [0.2, 0.25) is 6.54 Å². The van der Waals surface area contributed by atoms with E-state index >= 15 is 0 Å². The van der Waals surface area contributed by atoms with Crippen LogP contribution in [0.2, 0.25) is 0 Å². The smallest absolute Gasteiger partial charge is 0.275 e. The van der Waals surface area contributed by atoms with E-state index in [9.17, 15) is 10.1 Å². The summed E-state index contributed by atoms with van der Waals surface area (Å²) in [6.07, 6.45) is -0.468. The molecule has 0 bridgehead atoms. The maximum absolute atomic E-state index is 9.65. The fourth-order valence-corrected chi connectivity index (χ4v) is 0.445. The zero-order chi connectivity index (χ0) is 8.20. The SMILES string of the molecule is O=[N+]([O-])CCCC(O)(O)O. The van der Waals surface area contributed by atoms with Gasteiger partial charge >= 0.3 is 0 Å². The molecule has 0 aliphatic carbocycles. The molecule has 0 atom stereocenters. The Morgan fingerprint density at radius 2 is 1.90 bits per heavy atom. The van der Waals surface area contributed by atoms with E-state index in [1.54, 1.807) is 0 Å².